The van der Waals surface area contributed by atoms with Crippen LogP contribution < -0.4 is 5.32 Å². The summed E-state index contributed by atoms with van der Waals surface area (Å²) >= 11 is 0. The SMILES string of the molecule is CCC(C)(CNCCOC)C(C)CCOC. The molecule has 0 bridgehead atoms. The summed E-state index contributed by atoms with van der Waals surface area (Å²) < 4.78 is 10.2. The van der Waals surface area contributed by atoms with Crippen molar-refractivity contribution in [2.45, 2.75) is 33.6 Å². The van der Waals surface area contributed by atoms with Gasteiger partial charge in [0.1, 0.15) is 0 Å². The number of methoxy groups -OCH3 is 2. The summed E-state index contributed by atoms with van der Waals surface area (Å²) in [6, 6.07) is 0. The van der Waals surface area contributed by atoms with Crippen molar-refractivity contribution in [1.29, 1.82) is 0 Å². The summed E-state index contributed by atoms with van der Waals surface area (Å²) in [5, 5.41) is 3.47. The van der Waals surface area contributed by atoms with E-state index in [1.54, 1.807) is 14.2 Å². The lowest BCUT2D eigenvalue weighted by molar-refractivity contribution is 0.117. The second kappa shape index (κ2) is 8.97. The molecular weight excluding hydrogens is 202 g/mol. The molecule has 0 aromatic rings. The van der Waals surface area contributed by atoms with Crippen molar-refractivity contribution >= 4 is 0 Å². The first kappa shape index (κ1) is 15.9. The van der Waals surface area contributed by atoms with Crippen molar-refractivity contribution in [3.63, 3.8) is 0 Å². The highest BCUT2D eigenvalue weighted by Crippen LogP contribution is 2.32. The number of hydrogen-bond acceptors (Lipinski definition) is 3. The van der Waals surface area contributed by atoms with Gasteiger partial charge in [-0.25, -0.2) is 0 Å². The van der Waals surface area contributed by atoms with Gasteiger partial charge in [-0.1, -0.05) is 20.8 Å². The molecule has 16 heavy (non-hydrogen) atoms. The first-order valence-corrected chi connectivity index (χ1v) is 6.29. The smallest absolute Gasteiger partial charge is 0.0587 e. The maximum absolute atomic E-state index is 5.15. The molecule has 0 aromatic carbocycles. The van der Waals surface area contributed by atoms with Gasteiger partial charge in [0.05, 0.1) is 6.61 Å². The third kappa shape index (κ3) is 5.83. The van der Waals surface area contributed by atoms with Crippen molar-refractivity contribution < 1.29 is 9.47 Å². The van der Waals surface area contributed by atoms with Gasteiger partial charge in [-0.15, -0.1) is 0 Å². The van der Waals surface area contributed by atoms with Gasteiger partial charge in [0.2, 0.25) is 0 Å². The molecule has 2 atom stereocenters. The normalized spacial score (nSPS) is 17.1. The molecule has 0 fully saturated rings. The van der Waals surface area contributed by atoms with Crippen LogP contribution in [-0.2, 0) is 9.47 Å². The minimum Gasteiger partial charge on any atom is -0.385 e. The number of hydrogen-bond donors (Lipinski definition) is 1. The molecule has 0 saturated heterocycles. The summed E-state index contributed by atoms with van der Waals surface area (Å²) in [5.41, 5.74) is 0.353. The molecule has 0 aromatic heterocycles. The van der Waals surface area contributed by atoms with E-state index in [0.717, 1.165) is 32.7 Å². The zero-order valence-corrected chi connectivity index (χ0v) is 11.6. The van der Waals surface area contributed by atoms with E-state index in [4.69, 9.17) is 9.47 Å². The fourth-order valence-electron chi connectivity index (χ4n) is 1.84. The Kier molecular flexibility index (Phi) is 8.90. The molecule has 0 amide bonds. The van der Waals surface area contributed by atoms with Crippen LogP contribution in [0.25, 0.3) is 0 Å². The van der Waals surface area contributed by atoms with Crippen LogP contribution in [0.5, 0.6) is 0 Å². The molecule has 0 spiro atoms. The van der Waals surface area contributed by atoms with E-state index in [9.17, 15) is 0 Å². The van der Waals surface area contributed by atoms with Crippen molar-refractivity contribution in [3.8, 4) is 0 Å². The highest BCUT2D eigenvalue weighted by Gasteiger charge is 2.28. The molecule has 0 aliphatic heterocycles. The topological polar surface area (TPSA) is 30.5 Å². The molecule has 0 heterocycles. The van der Waals surface area contributed by atoms with Crippen LogP contribution in [0.3, 0.4) is 0 Å². The maximum atomic E-state index is 5.15. The third-order valence-corrected chi connectivity index (χ3v) is 3.76. The molecule has 98 valence electrons. The molecule has 3 heteroatoms. The maximum Gasteiger partial charge on any atom is 0.0587 e. The van der Waals surface area contributed by atoms with Crippen LogP contribution in [0, 0.1) is 11.3 Å². The van der Waals surface area contributed by atoms with Crippen molar-refractivity contribution in [1.82, 2.24) is 5.32 Å². The Morgan fingerprint density at radius 2 is 1.81 bits per heavy atom. The molecule has 0 rings (SSSR count). The fourth-order valence-corrected chi connectivity index (χ4v) is 1.84. The lowest BCUT2D eigenvalue weighted by Gasteiger charge is -2.35. The predicted octanol–water partition coefficient (Wildman–Crippen LogP) is 2.31. The molecule has 3 nitrogen and oxygen atoms in total. The second-order valence-corrected chi connectivity index (χ2v) is 4.86. The van der Waals surface area contributed by atoms with Crippen LogP contribution in [0.15, 0.2) is 0 Å². The van der Waals surface area contributed by atoms with E-state index in [2.05, 4.69) is 26.1 Å². The highest BCUT2D eigenvalue weighted by atomic mass is 16.5. The molecule has 0 saturated carbocycles. The lowest BCUT2D eigenvalue weighted by Crippen LogP contribution is -2.38. The molecule has 0 aliphatic carbocycles. The van der Waals surface area contributed by atoms with Gasteiger partial charge in [-0.05, 0) is 24.2 Å². The average Bonchev–Trinajstić information content (AvgIpc) is 2.31. The number of ether oxygens (including phenoxy) is 2. The first-order chi connectivity index (χ1) is 7.60. The van der Waals surface area contributed by atoms with Crippen LogP contribution >= 0.6 is 0 Å². The minimum absolute atomic E-state index is 0.353. The van der Waals surface area contributed by atoms with E-state index < -0.39 is 0 Å². The third-order valence-electron chi connectivity index (χ3n) is 3.76. The summed E-state index contributed by atoms with van der Waals surface area (Å²) in [7, 11) is 3.51. The van der Waals surface area contributed by atoms with Gasteiger partial charge in [-0.2, -0.15) is 0 Å². The van der Waals surface area contributed by atoms with Crippen molar-refractivity contribution in [3.05, 3.63) is 0 Å². The van der Waals surface area contributed by atoms with Gasteiger partial charge in [0, 0.05) is 33.9 Å². The Hall–Kier alpha value is -0.120. The number of nitrogens with one attached hydrogen (secondary N) is 1. The standard InChI is InChI=1S/C13H29NO2/c1-6-13(3,11-14-8-10-16-5)12(2)7-9-15-4/h12,14H,6-11H2,1-5H3. The Balaban J connectivity index is 3.97. The Labute approximate surface area is 101 Å². The summed E-state index contributed by atoms with van der Waals surface area (Å²) in [6.07, 6.45) is 2.32. The monoisotopic (exact) mass is 231 g/mol. The zero-order valence-electron chi connectivity index (χ0n) is 11.6. The van der Waals surface area contributed by atoms with E-state index in [-0.39, 0.29) is 0 Å². The van der Waals surface area contributed by atoms with Gasteiger partial charge in [0.15, 0.2) is 0 Å². The molecule has 1 N–H and O–H groups in total. The van der Waals surface area contributed by atoms with Crippen LogP contribution in [-0.4, -0.2) is 40.5 Å². The van der Waals surface area contributed by atoms with Gasteiger partial charge >= 0.3 is 0 Å². The predicted molar refractivity (Wildman–Crippen MR) is 68.8 cm³/mol. The Morgan fingerprint density at radius 3 is 2.31 bits per heavy atom. The van der Waals surface area contributed by atoms with Crippen LogP contribution in [0.2, 0.25) is 0 Å². The summed E-state index contributed by atoms with van der Waals surface area (Å²) in [6.45, 7) is 10.6. The minimum atomic E-state index is 0.353. The lowest BCUT2D eigenvalue weighted by atomic mass is 9.74. The second-order valence-electron chi connectivity index (χ2n) is 4.86. The molecule has 2 unspecified atom stereocenters. The van der Waals surface area contributed by atoms with Gasteiger partial charge in [-0.3, -0.25) is 0 Å². The van der Waals surface area contributed by atoms with Crippen LogP contribution in [0.4, 0.5) is 0 Å². The molecular formula is C13H29NO2. The number of rotatable bonds is 10. The zero-order chi connectivity index (χ0) is 12.4. The average molecular weight is 231 g/mol. The van der Waals surface area contributed by atoms with Crippen molar-refractivity contribution in [2.24, 2.45) is 11.3 Å². The first-order valence-electron chi connectivity index (χ1n) is 6.29. The Bertz CT molecular complexity index is 164. The van der Waals surface area contributed by atoms with E-state index in [1.807, 2.05) is 0 Å². The Morgan fingerprint density at radius 1 is 1.19 bits per heavy atom. The van der Waals surface area contributed by atoms with Gasteiger partial charge in [0.25, 0.3) is 0 Å². The quantitative estimate of drug-likeness (QED) is 0.585. The molecule has 0 radical (unpaired) electrons. The van der Waals surface area contributed by atoms with E-state index >= 15 is 0 Å². The van der Waals surface area contributed by atoms with E-state index in [0.29, 0.717) is 11.3 Å². The van der Waals surface area contributed by atoms with Crippen LogP contribution in [0.1, 0.15) is 33.6 Å². The summed E-state index contributed by atoms with van der Waals surface area (Å²) in [5.74, 6) is 0.674. The van der Waals surface area contributed by atoms with Crippen molar-refractivity contribution in [2.75, 3.05) is 40.5 Å². The van der Waals surface area contributed by atoms with E-state index in [1.165, 1.54) is 6.42 Å². The highest BCUT2D eigenvalue weighted by molar-refractivity contribution is 4.81. The van der Waals surface area contributed by atoms with Gasteiger partial charge < -0.3 is 14.8 Å². The fraction of sp³-hybridized carbons (Fsp3) is 1.00. The largest absolute Gasteiger partial charge is 0.385 e. The molecule has 0 aliphatic rings. The summed E-state index contributed by atoms with van der Waals surface area (Å²) in [4.78, 5) is 0.